The van der Waals surface area contributed by atoms with Crippen LogP contribution < -0.4 is 4.74 Å². The van der Waals surface area contributed by atoms with Crippen molar-refractivity contribution in [1.29, 1.82) is 0 Å². The number of ether oxygens (including phenoxy) is 1. The van der Waals surface area contributed by atoms with Gasteiger partial charge in [0.25, 0.3) is 5.91 Å². The lowest BCUT2D eigenvalue weighted by Gasteiger charge is -2.27. The van der Waals surface area contributed by atoms with E-state index in [1.54, 1.807) is 22.0 Å². The summed E-state index contributed by atoms with van der Waals surface area (Å²) >= 11 is 0. The van der Waals surface area contributed by atoms with Crippen LogP contribution in [0.15, 0.2) is 42.7 Å². The van der Waals surface area contributed by atoms with Gasteiger partial charge in [0.1, 0.15) is 18.0 Å². The van der Waals surface area contributed by atoms with Gasteiger partial charge < -0.3 is 14.7 Å². The number of nitrogens with zero attached hydrogens (tertiary/aromatic N) is 3. The van der Waals surface area contributed by atoms with Gasteiger partial charge in [0, 0.05) is 25.8 Å². The van der Waals surface area contributed by atoms with Crippen molar-refractivity contribution >= 4 is 5.91 Å². The Kier molecular flexibility index (Phi) is 5.38. The molecule has 25 heavy (non-hydrogen) atoms. The minimum absolute atomic E-state index is 0.0204. The van der Waals surface area contributed by atoms with Crippen LogP contribution in [-0.2, 0) is 6.54 Å². The summed E-state index contributed by atoms with van der Waals surface area (Å²) in [5.74, 6) is 0.730. The van der Waals surface area contributed by atoms with E-state index in [1.807, 2.05) is 37.3 Å². The van der Waals surface area contributed by atoms with Crippen molar-refractivity contribution in [2.45, 2.75) is 38.3 Å². The van der Waals surface area contributed by atoms with E-state index in [-0.39, 0.29) is 12.5 Å². The maximum atomic E-state index is 12.6. The van der Waals surface area contributed by atoms with Gasteiger partial charge in [-0.15, -0.1) is 0 Å². The van der Waals surface area contributed by atoms with Gasteiger partial charge in [-0.05, 0) is 38.3 Å². The Balaban J connectivity index is 1.58. The van der Waals surface area contributed by atoms with E-state index < -0.39 is 5.60 Å². The molecule has 1 fully saturated rings. The van der Waals surface area contributed by atoms with Gasteiger partial charge in [0.05, 0.1) is 11.8 Å². The summed E-state index contributed by atoms with van der Waals surface area (Å²) < 4.78 is 7.48. The standard InChI is InChI=1S/C19H25N3O3/c1-2-22-14-16(13-20-22)18(23)21-11-6-9-19(24,10-12-21)15-25-17-7-4-3-5-8-17/h3-5,7-8,13-14,24H,2,6,9-12,15H2,1H3. The zero-order chi connectivity index (χ0) is 17.7. The van der Waals surface area contributed by atoms with Crippen LogP contribution >= 0.6 is 0 Å². The minimum atomic E-state index is -0.904. The van der Waals surface area contributed by atoms with Crippen LogP contribution in [0.25, 0.3) is 0 Å². The van der Waals surface area contributed by atoms with Gasteiger partial charge in [0.2, 0.25) is 0 Å². The predicted octanol–water partition coefficient (Wildman–Crippen LogP) is 2.34. The summed E-state index contributed by atoms with van der Waals surface area (Å²) in [6, 6.07) is 9.49. The lowest BCUT2D eigenvalue weighted by atomic mass is 9.96. The number of aryl methyl sites for hydroxylation is 1. The van der Waals surface area contributed by atoms with Crippen molar-refractivity contribution in [3.63, 3.8) is 0 Å². The average molecular weight is 343 g/mol. The highest BCUT2D eigenvalue weighted by Crippen LogP contribution is 2.24. The molecule has 6 heteroatoms. The Bertz CT molecular complexity index is 701. The first-order chi connectivity index (χ1) is 12.1. The van der Waals surface area contributed by atoms with Crippen molar-refractivity contribution in [2.75, 3.05) is 19.7 Å². The van der Waals surface area contributed by atoms with Crippen LogP contribution in [0.2, 0.25) is 0 Å². The number of hydrogen-bond acceptors (Lipinski definition) is 4. The van der Waals surface area contributed by atoms with Crippen LogP contribution in [0.5, 0.6) is 5.75 Å². The number of carbonyl (C=O) groups is 1. The zero-order valence-electron chi connectivity index (χ0n) is 14.6. The fraction of sp³-hybridized carbons (Fsp3) is 0.474. The van der Waals surface area contributed by atoms with Gasteiger partial charge in [-0.3, -0.25) is 9.48 Å². The maximum absolute atomic E-state index is 12.6. The van der Waals surface area contributed by atoms with Gasteiger partial charge in [-0.25, -0.2) is 0 Å². The van der Waals surface area contributed by atoms with Crippen LogP contribution in [0, 0.1) is 0 Å². The molecule has 1 aromatic carbocycles. The highest BCUT2D eigenvalue weighted by Gasteiger charge is 2.32. The molecule has 134 valence electrons. The third kappa shape index (κ3) is 4.39. The second-order valence-electron chi connectivity index (χ2n) is 6.56. The molecule has 0 radical (unpaired) electrons. The summed E-state index contributed by atoms with van der Waals surface area (Å²) in [6.45, 7) is 4.13. The molecule has 0 saturated carbocycles. The van der Waals surface area contributed by atoms with E-state index >= 15 is 0 Å². The van der Waals surface area contributed by atoms with Gasteiger partial charge in [-0.1, -0.05) is 18.2 Å². The first-order valence-electron chi connectivity index (χ1n) is 8.82. The van der Waals surface area contributed by atoms with Crippen LogP contribution in [0.3, 0.4) is 0 Å². The highest BCUT2D eigenvalue weighted by atomic mass is 16.5. The molecule has 0 aliphatic carbocycles. The lowest BCUT2D eigenvalue weighted by Crippen LogP contribution is -2.38. The summed E-state index contributed by atoms with van der Waals surface area (Å²) in [7, 11) is 0. The van der Waals surface area contributed by atoms with Crippen molar-refractivity contribution in [2.24, 2.45) is 0 Å². The Morgan fingerprint density at radius 2 is 2.08 bits per heavy atom. The third-order valence-corrected chi connectivity index (χ3v) is 4.66. The van der Waals surface area contributed by atoms with Crippen molar-refractivity contribution in [3.8, 4) is 5.75 Å². The molecule has 3 rings (SSSR count). The molecular weight excluding hydrogens is 318 g/mol. The average Bonchev–Trinajstić information content (AvgIpc) is 3.04. The van der Waals surface area contributed by atoms with E-state index in [9.17, 15) is 9.90 Å². The Morgan fingerprint density at radius 3 is 2.80 bits per heavy atom. The molecule has 1 aliphatic heterocycles. The van der Waals surface area contributed by atoms with E-state index in [0.717, 1.165) is 18.7 Å². The number of hydrogen-bond donors (Lipinski definition) is 1. The maximum Gasteiger partial charge on any atom is 0.257 e. The van der Waals surface area contributed by atoms with Crippen molar-refractivity contribution < 1.29 is 14.6 Å². The summed E-state index contributed by atoms with van der Waals surface area (Å²) in [5, 5.41) is 15.0. The predicted molar refractivity (Wildman–Crippen MR) is 94.5 cm³/mol. The molecule has 1 saturated heterocycles. The van der Waals surface area contributed by atoms with Crippen LogP contribution in [0.4, 0.5) is 0 Å². The molecule has 1 unspecified atom stereocenters. The summed E-state index contributed by atoms with van der Waals surface area (Å²) in [5.41, 5.74) is -0.300. The number of para-hydroxylation sites is 1. The van der Waals surface area contributed by atoms with Crippen molar-refractivity contribution in [3.05, 3.63) is 48.3 Å². The van der Waals surface area contributed by atoms with Crippen molar-refractivity contribution in [1.82, 2.24) is 14.7 Å². The lowest BCUT2D eigenvalue weighted by molar-refractivity contribution is -0.0163. The highest BCUT2D eigenvalue weighted by molar-refractivity contribution is 5.93. The van der Waals surface area contributed by atoms with Gasteiger partial charge in [0.15, 0.2) is 0 Å². The Hall–Kier alpha value is -2.34. The van der Waals surface area contributed by atoms with Gasteiger partial charge >= 0.3 is 0 Å². The topological polar surface area (TPSA) is 67.6 Å². The molecule has 1 amide bonds. The second kappa shape index (κ2) is 7.70. The zero-order valence-corrected chi connectivity index (χ0v) is 14.6. The molecule has 2 heterocycles. The molecule has 0 spiro atoms. The third-order valence-electron chi connectivity index (χ3n) is 4.66. The molecule has 1 atom stereocenters. The molecule has 2 aromatic rings. The second-order valence-corrected chi connectivity index (χ2v) is 6.56. The molecule has 1 N–H and O–H groups in total. The molecule has 1 aliphatic rings. The van der Waals surface area contributed by atoms with Gasteiger partial charge in [-0.2, -0.15) is 5.10 Å². The summed E-state index contributed by atoms with van der Waals surface area (Å²) in [6.07, 6.45) is 5.27. The molecule has 0 bridgehead atoms. The van der Waals surface area contributed by atoms with E-state index in [1.165, 1.54) is 0 Å². The quantitative estimate of drug-likeness (QED) is 0.905. The fourth-order valence-electron chi connectivity index (χ4n) is 3.09. The number of amides is 1. The molecule has 1 aromatic heterocycles. The van der Waals surface area contributed by atoms with E-state index in [2.05, 4.69) is 5.10 Å². The largest absolute Gasteiger partial charge is 0.491 e. The summed E-state index contributed by atoms with van der Waals surface area (Å²) in [4.78, 5) is 14.4. The first kappa shape index (κ1) is 17.5. The van der Waals surface area contributed by atoms with Crippen LogP contribution in [0.1, 0.15) is 36.5 Å². The number of aromatic nitrogens is 2. The van der Waals surface area contributed by atoms with Crippen LogP contribution in [-0.4, -0.2) is 51.0 Å². The number of rotatable bonds is 5. The molecule has 6 nitrogen and oxygen atoms in total. The SMILES string of the molecule is CCn1cc(C(=O)N2CCCC(O)(COc3ccccc3)CC2)cn1. The number of likely N-dealkylation sites (tertiary alicyclic amines) is 1. The van der Waals surface area contributed by atoms with E-state index in [0.29, 0.717) is 31.5 Å². The first-order valence-corrected chi connectivity index (χ1v) is 8.82. The number of carbonyl (C=O) groups excluding carboxylic acids is 1. The Morgan fingerprint density at radius 1 is 1.28 bits per heavy atom. The Labute approximate surface area is 148 Å². The number of aliphatic hydroxyl groups is 1. The fourth-order valence-corrected chi connectivity index (χ4v) is 3.09. The van der Waals surface area contributed by atoms with E-state index in [4.69, 9.17) is 4.74 Å². The minimum Gasteiger partial charge on any atom is -0.491 e. The normalized spacial score (nSPS) is 21.0. The monoisotopic (exact) mass is 343 g/mol. The number of benzene rings is 1. The molecular formula is C19H25N3O3. The smallest absolute Gasteiger partial charge is 0.257 e.